The van der Waals surface area contributed by atoms with E-state index in [2.05, 4.69) is 15.5 Å². The monoisotopic (exact) mass is 362 g/mol. The maximum atomic E-state index is 12.3. The van der Waals surface area contributed by atoms with Crippen molar-refractivity contribution in [1.82, 2.24) is 20.4 Å². The van der Waals surface area contributed by atoms with Crippen molar-refractivity contribution in [2.24, 2.45) is 0 Å². The Morgan fingerprint density at radius 3 is 2.80 bits per heavy atom. The lowest BCUT2D eigenvalue weighted by Crippen LogP contribution is -2.38. The Labute approximate surface area is 148 Å². The first kappa shape index (κ1) is 17.3. The average Bonchev–Trinajstić information content (AvgIpc) is 3.24. The van der Waals surface area contributed by atoms with Crippen molar-refractivity contribution in [2.45, 2.75) is 24.3 Å². The fourth-order valence-electron chi connectivity index (χ4n) is 2.34. The lowest BCUT2D eigenvalue weighted by atomic mass is 10.2. The van der Waals surface area contributed by atoms with E-state index >= 15 is 0 Å². The molecule has 2 aromatic rings. The summed E-state index contributed by atoms with van der Waals surface area (Å²) in [6.45, 7) is 5.08. The van der Waals surface area contributed by atoms with Crippen LogP contribution in [0.2, 0.25) is 0 Å². The predicted molar refractivity (Wildman–Crippen MR) is 91.3 cm³/mol. The molecule has 1 aliphatic rings. The summed E-state index contributed by atoms with van der Waals surface area (Å²) in [5, 5.41) is 10.4. The molecule has 0 unspecified atom stereocenters. The molecule has 0 radical (unpaired) electrons. The van der Waals surface area contributed by atoms with Crippen LogP contribution >= 0.6 is 11.8 Å². The SMILES string of the molecule is CCOc1ccc(-c2nnc(S[C@@H](C)C(=O)N3CCNC3=O)o2)cc1. The molecule has 3 rings (SSSR count). The number of amides is 3. The number of ether oxygens (including phenoxy) is 1. The van der Waals surface area contributed by atoms with Crippen LogP contribution in [0.3, 0.4) is 0 Å². The summed E-state index contributed by atoms with van der Waals surface area (Å²) in [5.74, 6) is 0.855. The molecule has 8 nitrogen and oxygen atoms in total. The zero-order chi connectivity index (χ0) is 17.8. The second-order valence-corrected chi connectivity index (χ2v) is 6.60. The van der Waals surface area contributed by atoms with E-state index in [1.807, 2.05) is 31.2 Å². The Bertz CT molecular complexity index is 762. The summed E-state index contributed by atoms with van der Waals surface area (Å²) in [4.78, 5) is 25.0. The summed E-state index contributed by atoms with van der Waals surface area (Å²) < 4.78 is 11.0. The van der Waals surface area contributed by atoms with Gasteiger partial charge in [0.15, 0.2) is 0 Å². The predicted octanol–water partition coefficient (Wildman–Crippen LogP) is 2.17. The number of nitrogens with one attached hydrogen (secondary N) is 1. The third kappa shape index (κ3) is 3.93. The standard InChI is InChI=1S/C16H18N4O4S/c1-3-23-12-6-4-11(5-7-12)13-18-19-16(24-13)25-10(2)14(21)20-9-8-17-15(20)22/h4-7,10H,3,8-9H2,1-2H3,(H,17,22)/t10-/m0/s1. The van der Waals surface area contributed by atoms with Crippen LogP contribution in [0.15, 0.2) is 33.9 Å². The molecule has 1 aromatic heterocycles. The molecule has 0 spiro atoms. The number of hydrogen-bond donors (Lipinski definition) is 1. The number of carbonyl (C=O) groups excluding carboxylic acids is 2. The zero-order valence-electron chi connectivity index (χ0n) is 13.9. The van der Waals surface area contributed by atoms with Crippen molar-refractivity contribution < 1.29 is 18.7 Å². The normalized spacial score (nSPS) is 15.1. The number of aromatic nitrogens is 2. The summed E-state index contributed by atoms with van der Waals surface area (Å²) in [5.41, 5.74) is 0.765. The molecule has 1 aromatic carbocycles. The van der Waals surface area contributed by atoms with Crippen LogP contribution in [0.25, 0.3) is 11.5 Å². The Balaban J connectivity index is 1.64. The largest absolute Gasteiger partial charge is 0.494 e. The molecule has 3 amide bonds. The number of hydrogen-bond acceptors (Lipinski definition) is 7. The molecule has 1 atom stereocenters. The van der Waals surface area contributed by atoms with Crippen LogP contribution in [-0.2, 0) is 4.79 Å². The summed E-state index contributed by atoms with van der Waals surface area (Å²) in [6, 6.07) is 6.95. The van der Waals surface area contributed by atoms with Crippen LogP contribution in [0.1, 0.15) is 13.8 Å². The highest BCUT2D eigenvalue weighted by atomic mass is 32.2. The zero-order valence-corrected chi connectivity index (χ0v) is 14.7. The van der Waals surface area contributed by atoms with Crippen molar-refractivity contribution in [2.75, 3.05) is 19.7 Å². The van der Waals surface area contributed by atoms with Gasteiger partial charge in [0, 0.05) is 18.7 Å². The number of benzene rings is 1. The van der Waals surface area contributed by atoms with Crippen LogP contribution in [0.5, 0.6) is 5.75 Å². The Hall–Kier alpha value is -2.55. The summed E-state index contributed by atoms with van der Waals surface area (Å²) in [7, 11) is 0. The fraction of sp³-hybridized carbons (Fsp3) is 0.375. The molecule has 25 heavy (non-hydrogen) atoms. The molecule has 132 valence electrons. The summed E-state index contributed by atoms with van der Waals surface area (Å²) in [6.07, 6.45) is 0. The van der Waals surface area contributed by atoms with E-state index < -0.39 is 5.25 Å². The van der Waals surface area contributed by atoms with Crippen molar-refractivity contribution in [3.8, 4) is 17.2 Å². The Kier molecular flexibility index (Phi) is 5.22. The van der Waals surface area contributed by atoms with Gasteiger partial charge in [-0.05, 0) is 38.1 Å². The quantitative estimate of drug-likeness (QED) is 0.786. The van der Waals surface area contributed by atoms with E-state index in [1.165, 1.54) is 4.90 Å². The third-order valence-electron chi connectivity index (χ3n) is 3.57. The van der Waals surface area contributed by atoms with Crippen molar-refractivity contribution in [1.29, 1.82) is 0 Å². The van der Waals surface area contributed by atoms with Gasteiger partial charge in [0.1, 0.15) is 5.75 Å². The lowest BCUT2D eigenvalue weighted by Gasteiger charge is -2.15. The van der Waals surface area contributed by atoms with Gasteiger partial charge < -0.3 is 14.5 Å². The van der Waals surface area contributed by atoms with Gasteiger partial charge in [0.05, 0.1) is 11.9 Å². The number of thioether (sulfide) groups is 1. The molecule has 0 bridgehead atoms. The second kappa shape index (κ2) is 7.56. The fourth-order valence-corrected chi connectivity index (χ4v) is 3.08. The highest BCUT2D eigenvalue weighted by Crippen LogP contribution is 2.28. The van der Waals surface area contributed by atoms with E-state index in [9.17, 15) is 9.59 Å². The molecule has 0 saturated carbocycles. The van der Waals surface area contributed by atoms with Crippen LogP contribution < -0.4 is 10.1 Å². The van der Waals surface area contributed by atoms with Crippen molar-refractivity contribution in [3.05, 3.63) is 24.3 Å². The van der Waals surface area contributed by atoms with Gasteiger partial charge in [-0.1, -0.05) is 11.8 Å². The van der Waals surface area contributed by atoms with Crippen LogP contribution in [0.4, 0.5) is 4.79 Å². The van der Waals surface area contributed by atoms with Gasteiger partial charge in [-0.25, -0.2) is 4.79 Å². The number of rotatable bonds is 6. The third-order valence-corrected chi connectivity index (χ3v) is 4.49. The number of imide groups is 1. The molecule has 1 fully saturated rings. The van der Waals surface area contributed by atoms with E-state index in [4.69, 9.17) is 9.15 Å². The topological polar surface area (TPSA) is 97.6 Å². The van der Waals surface area contributed by atoms with Crippen molar-refractivity contribution >= 4 is 23.7 Å². The van der Waals surface area contributed by atoms with Gasteiger partial charge in [-0.3, -0.25) is 9.69 Å². The number of carbonyl (C=O) groups is 2. The summed E-state index contributed by atoms with van der Waals surface area (Å²) >= 11 is 1.13. The average molecular weight is 362 g/mol. The minimum absolute atomic E-state index is 0.277. The first-order valence-corrected chi connectivity index (χ1v) is 8.79. The number of urea groups is 1. The van der Waals surface area contributed by atoms with E-state index in [0.29, 0.717) is 25.6 Å². The Morgan fingerprint density at radius 2 is 2.16 bits per heavy atom. The van der Waals surface area contributed by atoms with Gasteiger partial charge in [0.25, 0.3) is 5.22 Å². The van der Waals surface area contributed by atoms with Crippen molar-refractivity contribution in [3.63, 3.8) is 0 Å². The van der Waals surface area contributed by atoms with Gasteiger partial charge in [-0.15, -0.1) is 10.2 Å². The minimum Gasteiger partial charge on any atom is -0.494 e. The van der Waals surface area contributed by atoms with Gasteiger partial charge >= 0.3 is 6.03 Å². The van der Waals surface area contributed by atoms with Gasteiger partial charge in [-0.2, -0.15) is 0 Å². The van der Waals surface area contributed by atoms with E-state index in [-0.39, 0.29) is 17.2 Å². The van der Waals surface area contributed by atoms with Crippen LogP contribution in [0, 0.1) is 0 Å². The highest BCUT2D eigenvalue weighted by molar-refractivity contribution is 8.00. The molecule has 1 saturated heterocycles. The maximum Gasteiger partial charge on any atom is 0.324 e. The minimum atomic E-state index is -0.502. The van der Waals surface area contributed by atoms with E-state index in [0.717, 1.165) is 23.1 Å². The first-order valence-electron chi connectivity index (χ1n) is 7.91. The molecular formula is C16H18N4O4S. The highest BCUT2D eigenvalue weighted by Gasteiger charge is 2.31. The first-order chi connectivity index (χ1) is 12.1. The number of nitrogens with zero attached hydrogens (tertiary/aromatic N) is 3. The molecule has 0 aliphatic carbocycles. The molecule has 2 heterocycles. The van der Waals surface area contributed by atoms with E-state index in [1.54, 1.807) is 6.92 Å². The molecule has 9 heteroatoms. The molecule has 1 N–H and O–H groups in total. The molecule has 1 aliphatic heterocycles. The molecular weight excluding hydrogens is 344 g/mol. The van der Waals surface area contributed by atoms with Crippen LogP contribution in [-0.4, -0.2) is 52.0 Å². The second-order valence-electron chi connectivity index (χ2n) is 5.31. The van der Waals surface area contributed by atoms with Gasteiger partial charge in [0.2, 0.25) is 11.8 Å². The maximum absolute atomic E-state index is 12.3. The lowest BCUT2D eigenvalue weighted by molar-refractivity contribution is -0.126. The smallest absolute Gasteiger partial charge is 0.324 e. The Morgan fingerprint density at radius 1 is 1.40 bits per heavy atom.